The second kappa shape index (κ2) is 9.66. The van der Waals surface area contributed by atoms with Gasteiger partial charge in [0.2, 0.25) is 0 Å². The molecule has 163 valence electrons. The van der Waals surface area contributed by atoms with Crippen molar-refractivity contribution in [2.24, 2.45) is 17.2 Å². The molecule has 0 bridgehead atoms. The van der Waals surface area contributed by atoms with Crippen LogP contribution in [0.5, 0.6) is 0 Å². The largest absolute Gasteiger partial charge is 0.326 e. The summed E-state index contributed by atoms with van der Waals surface area (Å²) in [5, 5.41) is 0. The van der Waals surface area contributed by atoms with Crippen molar-refractivity contribution in [2.75, 3.05) is 0 Å². The highest BCUT2D eigenvalue weighted by molar-refractivity contribution is 5.66. The average molecular weight is 423 g/mol. The van der Waals surface area contributed by atoms with Gasteiger partial charge in [-0.05, 0) is 39.8 Å². The molecule has 3 heteroatoms. The van der Waals surface area contributed by atoms with Gasteiger partial charge in [0, 0.05) is 25.6 Å². The van der Waals surface area contributed by atoms with Crippen LogP contribution in [0.15, 0.2) is 96.6 Å². The number of hydrogen-bond donors (Lipinski definition) is 3. The van der Waals surface area contributed by atoms with Crippen molar-refractivity contribution in [3.8, 4) is 0 Å². The molecule has 4 rings (SSSR count). The van der Waals surface area contributed by atoms with E-state index < -0.39 is 5.41 Å². The fourth-order valence-corrected chi connectivity index (χ4v) is 4.89. The summed E-state index contributed by atoms with van der Waals surface area (Å²) in [6.07, 6.45) is 7.61. The van der Waals surface area contributed by atoms with Crippen LogP contribution in [-0.2, 0) is 25.0 Å². The molecule has 6 N–H and O–H groups in total. The summed E-state index contributed by atoms with van der Waals surface area (Å²) in [4.78, 5) is 0. The number of allylic oxidation sites excluding steroid dienone is 4. The van der Waals surface area contributed by atoms with Gasteiger partial charge in [0.1, 0.15) is 0 Å². The number of hydrogen-bond acceptors (Lipinski definition) is 3. The fraction of sp³-hybridized carbons (Fsp3) is 0.207. The summed E-state index contributed by atoms with van der Waals surface area (Å²) < 4.78 is 0. The smallest absolute Gasteiger partial charge is 0.0591 e. The summed E-state index contributed by atoms with van der Waals surface area (Å²) in [7, 11) is 0. The summed E-state index contributed by atoms with van der Waals surface area (Å²) in [6, 6.07) is 26.0. The Morgan fingerprint density at radius 2 is 1.09 bits per heavy atom. The van der Waals surface area contributed by atoms with Crippen LogP contribution in [0.25, 0.3) is 0 Å². The molecule has 0 atom stereocenters. The lowest BCUT2D eigenvalue weighted by Crippen LogP contribution is -2.36. The van der Waals surface area contributed by atoms with Crippen molar-refractivity contribution >= 4 is 0 Å². The quantitative estimate of drug-likeness (QED) is 0.453. The summed E-state index contributed by atoms with van der Waals surface area (Å²) in [5.41, 5.74) is 26.0. The van der Waals surface area contributed by atoms with Gasteiger partial charge in [0.25, 0.3) is 0 Å². The number of rotatable bonds is 8. The minimum absolute atomic E-state index is 0.497. The van der Waals surface area contributed by atoms with Crippen LogP contribution < -0.4 is 17.2 Å². The first-order valence-corrected chi connectivity index (χ1v) is 11.3. The van der Waals surface area contributed by atoms with Crippen LogP contribution in [0.2, 0.25) is 0 Å². The first-order valence-electron chi connectivity index (χ1n) is 11.3. The van der Waals surface area contributed by atoms with Gasteiger partial charge in [-0.3, -0.25) is 0 Å². The Hall–Kier alpha value is -2.98. The number of nitrogens with two attached hydrogens (primary N) is 3. The van der Waals surface area contributed by atoms with Crippen molar-refractivity contribution < 1.29 is 0 Å². The second-order valence-corrected chi connectivity index (χ2v) is 8.28. The van der Waals surface area contributed by atoms with E-state index in [0.29, 0.717) is 19.6 Å². The molecule has 3 nitrogen and oxygen atoms in total. The lowest BCUT2D eigenvalue weighted by Gasteiger charge is -2.42. The summed E-state index contributed by atoms with van der Waals surface area (Å²) >= 11 is 0. The highest BCUT2D eigenvalue weighted by Crippen LogP contribution is 2.52. The Labute approximate surface area is 191 Å². The molecule has 0 aliphatic heterocycles. The van der Waals surface area contributed by atoms with E-state index in [1.807, 2.05) is 0 Å². The molecule has 1 aliphatic carbocycles. The lowest BCUT2D eigenvalue weighted by molar-refractivity contribution is 0.666. The summed E-state index contributed by atoms with van der Waals surface area (Å²) in [6.45, 7) is 3.71. The lowest BCUT2D eigenvalue weighted by atomic mass is 9.59. The van der Waals surface area contributed by atoms with E-state index >= 15 is 0 Å². The fourth-order valence-electron chi connectivity index (χ4n) is 4.89. The Morgan fingerprint density at radius 3 is 1.47 bits per heavy atom. The van der Waals surface area contributed by atoms with Gasteiger partial charge in [-0.25, -0.2) is 0 Å². The molecule has 0 fully saturated rings. The van der Waals surface area contributed by atoms with E-state index in [2.05, 4.69) is 97.9 Å². The maximum absolute atomic E-state index is 6.07. The molecule has 3 aromatic rings. The van der Waals surface area contributed by atoms with Crippen LogP contribution in [0.1, 0.15) is 46.7 Å². The Kier molecular flexibility index (Phi) is 6.71. The minimum atomic E-state index is -0.504. The summed E-state index contributed by atoms with van der Waals surface area (Å²) in [5.74, 6) is 1.29. The normalized spacial score (nSPS) is 14.1. The van der Waals surface area contributed by atoms with Crippen LogP contribution in [-0.4, -0.2) is 0 Å². The molecule has 0 saturated carbocycles. The zero-order valence-corrected chi connectivity index (χ0v) is 18.7. The van der Waals surface area contributed by atoms with Gasteiger partial charge in [0.05, 0.1) is 5.41 Å². The molecule has 0 saturated heterocycles. The van der Waals surface area contributed by atoms with Gasteiger partial charge >= 0.3 is 0 Å². The predicted molar refractivity (Wildman–Crippen MR) is 134 cm³/mol. The van der Waals surface area contributed by atoms with Crippen LogP contribution in [0.4, 0.5) is 0 Å². The minimum Gasteiger partial charge on any atom is -0.326 e. The molecule has 0 heterocycles. The molecule has 0 unspecified atom stereocenters. The molecule has 1 radical (unpaired) electrons. The van der Waals surface area contributed by atoms with Crippen molar-refractivity contribution in [1.29, 1.82) is 0 Å². The molecule has 0 spiro atoms. The standard InChI is InChI=1S/C29H32N3/c1-2-24-10-6-14-28(24)29(25-11-3-7-21(15-25)18-30,26-12-4-8-22(16-26)19-31)27-13-5-9-23(17-27)20-32/h3-17H,2,18-20,30-32H2,1H3. The number of benzene rings is 3. The Balaban J connectivity index is 2.12. The first-order chi connectivity index (χ1) is 15.7. The third kappa shape index (κ3) is 3.84. The van der Waals surface area contributed by atoms with E-state index in [0.717, 1.165) is 23.1 Å². The zero-order chi connectivity index (χ0) is 22.6. The van der Waals surface area contributed by atoms with Crippen LogP contribution in [0.3, 0.4) is 0 Å². The highest BCUT2D eigenvalue weighted by atomic mass is 14.5. The van der Waals surface area contributed by atoms with Crippen molar-refractivity contribution in [1.82, 2.24) is 0 Å². The van der Waals surface area contributed by atoms with E-state index in [4.69, 9.17) is 17.2 Å². The van der Waals surface area contributed by atoms with E-state index in [1.54, 1.807) is 0 Å². The predicted octanol–water partition coefficient (Wildman–Crippen LogP) is 4.88. The first kappa shape index (κ1) is 22.2. The average Bonchev–Trinajstić information content (AvgIpc) is 3.34. The van der Waals surface area contributed by atoms with E-state index in [9.17, 15) is 0 Å². The van der Waals surface area contributed by atoms with Gasteiger partial charge < -0.3 is 17.2 Å². The molecular weight excluding hydrogens is 390 g/mol. The second-order valence-electron chi connectivity index (χ2n) is 8.28. The molecule has 3 aromatic carbocycles. The molecule has 32 heavy (non-hydrogen) atoms. The SMILES string of the molecule is CCC1=CC=C[C]1C(c1cccc(CN)c1)(c1cccc(CN)c1)c1cccc(CN)c1. The van der Waals surface area contributed by atoms with Gasteiger partial charge in [-0.2, -0.15) is 0 Å². The third-order valence-electron chi connectivity index (χ3n) is 6.48. The van der Waals surface area contributed by atoms with Crippen molar-refractivity contribution in [3.05, 3.63) is 136 Å². The molecule has 1 aliphatic rings. The maximum atomic E-state index is 6.07. The van der Waals surface area contributed by atoms with Gasteiger partial charge in [-0.15, -0.1) is 0 Å². The van der Waals surface area contributed by atoms with Crippen LogP contribution >= 0.6 is 0 Å². The monoisotopic (exact) mass is 422 g/mol. The van der Waals surface area contributed by atoms with Crippen molar-refractivity contribution in [2.45, 2.75) is 38.4 Å². The molecular formula is C29H32N3. The Bertz CT molecular complexity index is 1030. The third-order valence-corrected chi connectivity index (χ3v) is 6.48. The highest BCUT2D eigenvalue weighted by Gasteiger charge is 2.45. The Morgan fingerprint density at radius 1 is 0.656 bits per heavy atom. The van der Waals surface area contributed by atoms with Gasteiger partial charge in [-0.1, -0.05) is 104 Å². The van der Waals surface area contributed by atoms with Gasteiger partial charge in [0.15, 0.2) is 0 Å². The molecule has 0 aromatic heterocycles. The van der Waals surface area contributed by atoms with Crippen LogP contribution in [0, 0.1) is 5.92 Å². The van der Waals surface area contributed by atoms with Crippen molar-refractivity contribution in [3.63, 3.8) is 0 Å². The molecule has 0 amide bonds. The van der Waals surface area contributed by atoms with E-state index in [-0.39, 0.29) is 0 Å². The maximum Gasteiger partial charge on any atom is 0.0591 e. The van der Waals surface area contributed by atoms with E-state index in [1.165, 1.54) is 28.2 Å². The topological polar surface area (TPSA) is 78.1 Å². The zero-order valence-electron chi connectivity index (χ0n) is 18.7.